The molecule has 0 saturated carbocycles. The van der Waals surface area contributed by atoms with Crippen molar-refractivity contribution < 1.29 is 14.0 Å². The van der Waals surface area contributed by atoms with Gasteiger partial charge in [0.05, 0.1) is 17.6 Å². The summed E-state index contributed by atoms with van der Waals surface area (Å²) in [6.45, 7) is 4.01. The van der Waals surface area contributed by atoms with Crippen LogP contribution < -0.4 is 10.9 Å². The third-order valence-electron chi connectivity index (χ3n) is 3.75. The van der Waals surface area contributed by atoms with E-state index in [9.17, 15) is 9.59 Å². The molecule has 5 nitrogen and oxygen atoms in total. The Bertz CT molecular complexity index is 865. The summed E-state index contributed by atoms with van der Waals surface area (Å²) in [6, 6.07) is 7.44. The van der Waals surface area contributed by atoms with E-state index in [1.807, 2.05) is 26.0 Å². The maximum atomic E-state index is 12.0. The molecular weight excluding hydrogens is 312 g/mol. The Morgan fingerprint density at radius 3 is 2.74 bits per heavy atom. The van der Waals surface area contributed by atoms with Crippen molar-refractivity contribution in [3.63, 3.8) is 0 Å². The minimum Gasteiger partial charge on any atom is -0.464 e. The van der Waals surface area contributed by atoms with Crippen LogP contribution in [0.5, 0.6) is 0 Å². The van der Waals surface area contributed by atoms with Gasteiger partial charge in [0.2, 0.25) is 5.91 Å². The van der Waals surface area contributed by atoms with Gasteiger partial charge in [0, 0.05) is 10.9 Å². The van der Waals surface area contributed by atoms with Crippen LogP contribution in [0.4, 0.5) is 0 Å². The highest BCUT2D eigenvalue weighted by Crippen LogP contribution is 2.26. The molecule has 23 heavy (non-hydrogen) atoms. The van der Waals surface area contributed by atoms with E-state index in [4.69, 9.17) is 4.42 Å². The second-order valence-corrected chi connectivity index (χ2v) is 6.25. The van der Waals surface area contributed by atoms with Crippen LogP contribution in [-0.2, 0) is 11.2 Å². The number of rotatable bonds is 3. The highest BCUT2D eigenvalue weighted by molar-refractivity contribution is 7.12. The first-order valence-corrected chi connectivity index (χ1v) is 8.03. The summed E-state index contributed by atoms with van der Waals surface area (Å²) in [6.07, 6.45) is 1.73. The Morgan fingerprint density at radius 1 is 1.17 bits per heavy atom. The summed E-state index contributed by atoms with van der Waals surface area (Å²) in [5.74, 6) is -0.618. The second kappa shape index (κ2) is 6.26. The van der Waals surface area contributed by atoms with Gasteiger partial charge in [-0.05, 0) is 36.4 Å². The van der Waals surface area contributed by atoms with Crippen LogP contribution in [0.1, 0.15) is 26.4 Å². The second-order valence-electron chi connectivity index (χ2n) is 5.30. The Hall–Kier alpha value is -2.60. The molecule has 0 spiro atoms. The van der Waals surface area contributed by atoms with Crippen molar-refractivity contribution in [2.24, 2.45) is 0 Å². The molecule has 6 heteroatoms. The van der Waals surface area contributed by atoms with Crippen molar-refractivity contribution in [2.45, 2.75) is 20.3 Å². The van der Waals surface area contributed by atoms with Crippen LogP contribution in [0.15, 0.2) is 40.3 Å². The van der Waals surface area contributed by atoms with Crippen molar-refractivity contribution in [3.8, 4) is 0 Å². The van der Waals surface area contributed by atoms with Crippen LogP contribution in [0.3, 0.4) is 0 Å². The molecule has 0 fully saturated rings. The number of fused-ring (bicyclic) bond motifs is 1. The monoisotopic (exact) mass is 328 g/mol. The zero-order chi connectivity index (χ0) is 16.4. The van der Waals surface area contributed by atoms with Gasteiger partial charge in [-0.25, -0.2) is 0 Å². The lowest BCUT2D eigenvalue weighted by Crippen LogP contribution is -2.42. The first-order valence-electron chi connectivity index (χ1n) is 7.15. The van der Waals surface area contributed by atoms with Gasteiger partial charge in [-0.2, -0.15) is 0 Å². The molecule has 0 radical (unpaired) electrons. The van der Waals surface area contributed by atoms with E-state index < -0.39 is 0 Å². The summed E-state index contributed by atoms with van der Waals surface area (Å²) in [5, 5.41) is 2.73. The zero-order valence-electron chi connectivity index (χ0n) is 12.8. The molecule has 0 saturated heterocycles. The van der Waals surface area contributed by atoms with E-state index in [0.717, 1.165) is 27.7 Å². The maximum Gasteiger partial charge on any atom is 0.279 e. The topological polar surface area (TPSA) is 71.3 Å². The predicted molar refractivity (Wildman–Crippen MR) is 89.3 cm³/mol. The number of hydrogen-bond acceptors (Lipinski definition) is 4. The Labute approximate surface area is 137 Å². The van der Waals surface area contributed by atoms with Gasteiger partial charge in [-0.15, -0.1) is 11.3 Å². The lowest BCUT2D eigenvalue weighted by molar-refractivity contribution is -0.121. The lowest BCUT2D eigenvalue weighted by Gasteiger charge is -2.06. The van der Waals surface area contributed by atoms with Crippen LogP contribution in [-0.4, -0.2) is 11.8 Å². The van der Waals surface area contributed by atoms with Crippen LogP contribution >= 0.6 is 11.3 Å². The minimum absolute atomic E-state index is 0.139. The van der Waals surface area contributed by atoms with Gasteiger partial charge >= 0.3 is 0 Å². The minimum atomic E-state index is -0.322. The average molecular weight is 328 g/mol. The van der Waals surface area contributed by atoms with Crippen molar-refractivity contribution >= 4 is 34.1 Å². The smallest absolute Gasteiger partial charge is 0.279 e. The van der Waals surface area contributed by atoms with Crippen LogP contribution in [0.25, 0.3) is 11.0 Å². The summed E-state index contributed by atoms with van der Waals surface area (Å²) >= 11 is 1.31. The molecule has 0 aliphatic rings. The summed E-state index contributed by atoms with van der Waals surface area (Å²) in [7, 11) is 0. The third kappa shape index (κ3) is 3.12. The van der Waals surface area contributed by atoms with Gasteiger partial charge in [0.15, 0.2) is 0 Å². The number of hydrogen-bond donors (Lipinski definition) is 2. The van der Waals surface area contributed by atoms with E-state index in [2.05, 4.69) is 10.9 Å². The molecule has 3 aromatic rings. The van der Waals surface area contributed by atoms with Crippen molar-refractivity contribution in [1.29, 1.82) is 0 Å². The van der Waals surface area contributed by atoms with E-state index in [1.165, 1.54) is 11.3 Å². The number of benzene rings is 1. The van der Waals surface area contributed by atoms with Crippen LogP contribution in [0.2, 0.25) is 0 Å². The number of aryl methyl sites for hydroxylation is 2. The summed E-state index contributed by atoms with van der Waals surface area (Å²) in [5.41, 5.74) is 8.65. The average Bonchev–Trinajstić information content (AvgIpc) is 3.19. The number of nitrogens with one attached hydrogen (secondary N) is 2. The van der Waals surface area contributed by atoms with Crippen molar-refractivity contribution in [1.82, 2.24) is 10.9 Å². The normalized spacial score (nSPS) is 10.7. The SMILES string of the molecule is Cc1ccc2c(CC(=O)NNC(=O)c3cccs3)coc2c1C. The first-order chi connectivity index (χ1) is 11.1. The first kappa shape index (κ1) is 15.3. The fraction of sp³-hybridized carbons (Fsp3) is 0.176. The number of hydrazine groups is 1. The Kier molecular flexibility index (Phi) is 4.16. The molecule has 118 valence electrons. The lowest BCUT2D eigenvalue weighted by atomic mass is 10.0. The standard InChI is InChI=1S/C17H16N2O3S/c1-10-5-6-13-12(9-22-16(13)11(10)2)8-15(20)18-19-17(21)14-4-3-7-23-14/h3-7,9H,8H2,1-2H3,(H,18,20)(H,19,21). The van der Waals surface area contributed by atoms with E-state index in [0.29, 0.717) is 4.88 Å². The van der Waals surface area contributed by atoms with Gasteiger partial charge in [0.1, 0.15) is 5.58 Å². The van der Waals surface area contributed by atoms with Crippen molar-refractivity contribution in [2.75, 3.05) is 0 Å². The molecule has 2 aromatic heterocycles. The molecule has 2 heterocycles. The summed E-state index contributed by atoms with van der Waals surface area (Å²) < 4.78 is 5.58. The highest BCUT2D eigenvalue weighted by atomic mass is 32.1. The Balaban J connectivity index is 1.66. The molecule has 0 aliphatic carbocycles. The predicted octanol–water partition coefficient (Wildman–Crippen LogP) is 3.11. The molecule has 0 unspecified atom stereocenters. The number of furan rings is 1. The molecular formula is C17H16N2O3S. The quantitative estimate of drug-likeness (QED) is 0.726. The van der Waals surface area contributed by atoms with Gasteiger partial charge in [-0.1, -0.05) is 18.2 Å². The maximum absolute atomic E-state index is 12.0. The molecule has 3 rings (SSSR count). The summed E-state index contributed by atoms with van der Waals surface area (Å²) in [4.78, 5) is 24.3. The van der Waals surface area contributed by atoms with Gasteiger partial charge < -0.3 is 4.42 Å². The molecule has 0 aliphatic heterocycles. The Morgan fingerprint density at radius 2 is 2.00 bits per heavy atom. The molecule has 1 aromatic carbocycles. The number of thiophene rings is 1. The molecule has 0 bridgehead atoms. The largest absolute Gasteiger partial charge is 0.464 e. The van der Waals surface area contributed by atoms with Crippen LogP contribution in [0, 0.1) is 13.8 Å². The van der Waals surface area contributed by atoms with E-state index in [-0.39, 0.29) is 18.2 Å². The van der Waals surface area contributed by atoms with Gasteiger partial charge in [-0.3, -0.25) is 20.4 Å². The van der Waals surface area contributed by atoms with Crippen molar-refractivity contribution in [3.05, 3.63) is 57.5 Å². The molecule has 0 atom stereocenters. The molecule has 2 N–H and O–H groups in total. The fourth-order valence-corrected chi connectivity index (χ4v) is 2.96. The molecule has 2 amide bonds. The van der Waals surface area contributed by atoms with Gasteiger partial charge in [0.25, 0.3) is 5.91 Å². The number of amides is 2. The highest BCUT2D eigenvalue weighted by Gasteiger charge is 2.14. The number of carbonyl (C=O) groups is 2. The third-order valence-corrected chi connectivity index (χ3v) is 4.62. The zero-order valence-corrected chi connectivity index (χ0v) is 13.6. The number of carbonyl (C=O) groups excluding carboxylic acids is 2. The van der Waals surface area contributed by atoms with E-state index >= 15 is 0 Å². The fourth-order valence-electron chi connectivity index (χ4n) is 2.34. The van der Waals surface area contributed by atoms with E-state index in [1.54, 1.807) is 23.8 Å².